The third-order valence-corrected chi connectivity index (χ3v) is 4.00. The minimum absolute atomic E-state index is 0.115. The Morgan fingerprint density at radius 3 is 2.62 bits per heavy atom. The number of benzene rings is 2. The van der Waals surface area contributed by atoms with E-state index < -0.39 is 0 Å². The third-order valence-electron chi connectivity index (χ3n) is 3.39. The predicted molar refractivity (Wildman–Crippen MR) is 88.0 cm³/mol. The molecule has 0 fully saturated rings. The molecule has 0 amide bonds. The van der Waals surface area contributed by atoms with Crippen LogP contribution in [-0.2, 0) is 6.42 Å². The molecule has 2 aromatic rings. The van der Waals surface area contributed by atoms with E-state index in [0.717, 1.165) is 22.4 Å². The fraction of sp³-hybridized carbons (Fsp3) is 0.250. The largest absolute Gasteiger partial charge is 0.496 e. The highest BCUT2D eigenvalue weighted by Gasteiger charge is 2.17. The summed E-state index contributed by atoms with van der Waals surface area (Å²) < 4.78 is 5.42. The van der Waals surface area contributed by atoms with Gasteiger partial charge in [0.1, 0.15) is 5.75 Å². The summed E-state index contributed by atoms with van der Waals surface area (Å²) in [6.07, 6.45) is 0.621. The summed E-state index contributed by atoms with van der Waals surface area (Å²) in [5.41, 5.74) is 5.91. The first kappa shape index (κ1) is 16.1. The van der Waals surface area contributed by atoms with Crippen LogP contribution < -0.4 is 16.0 Å². The van der Waals surface area contributed by atoms with Gasteiger partial charge in [0.15, 0.2) is 0 Å². The number of hydrogen-bond donors (Lipinski definition) is 2. The highest BCUT2D eigenvalue weighted by Crippen LogP contribution is 2.31. The van der Waals surface area contributed by atoms with Gasteiger partial charge in [0, 0.05) is 15.6 Å². The smallest absolute Gasteiger partial charge is 0.123 e. The van der Waals surface area contributed by atoms with Crippen LogP contribution in [0.3, 0.4) is 0 Å². The van der Waals surface area contributed by atoms with Crippen molar-refractivity contribution in [3.63, 3.8) is 0 Å². The van der Waals surface area contributed by atoms with Crippen LogP contribution in [0.1, 0.15) is 22.7 Å². The number of methoxy groups -OCH3 is 1. The van der Waals surface area contributed by atoms with Crippen molar-refractivity contribution in [3.8, 4) is 5.75 Å². The SMILES string of the molecule is COc1ccc(C)cc1C(Cc1cc(Cl)ccc1Cl)NN. The number of aryl methyl sites for hydroxylation is 1. The van der Waals surface area contributed by atoms with Crippen molar-refractivity contribution in [1.82, 2.24) is 5.43 Å². The lowest BCUT2D eigenvalue weighted by atomic mass is 9.97. The van der Waals surface area contributed by atoms with Gasteiger partial charge in [-0.2, -0.15) is 0 Å². The second-order valence-electron chi connectivity index (χ2n) is 4.90. The van der Waals surface area contributed by atoms with Crippen molar-refractivity contribution in [2.45, 2.75) is 19.4 Å². The molecule has 0 aromatic heterocycles. The molecule has 5 heteroatoms. The third kappa shape index (κ3) is 3.89. The maximum absolute atomic E-state index is 6.23. The first-order valence-electron chi connectivity index (χ1n) is 6.59. The molecular weight excluding hydrogens is 307 g/mol. The van der Waals surface area contributed by atoms with Crippen LogP contribution in [0.15, 0.2) is 36.4 Å². The topological polar surface area (TPSA) is 47.3 Å². The van der Waals surface area contributed by atoms with Gasteiger partial charge in [-0.05, 0) is 43.2 Å². The quantitative estimate of drug-likeness (QED) is 0.644. The highest BCUT2D eigenvalue weighted by molar-refractivity contribution is 6.33. The monoisotopic (exact) mass is 324 g/mol. The van der Waals surface area contributed by atoms with Crippen LogP contribution in [-0.4, -0.2) is 7.11 Å². The molecule has 0 radical (unpaired) electrons. The summed E-state index contributed by atoms with van der Waals surface area (Å²) in [7, 11) is 1.65. The number of hydrogen-bond acceptors (Lipinski definition) is 3. The minimum Gasteiger partial charge on any atom is -0.496 e. The molecule has 1 atom stereocenters. The van der Waals surface area contributed by atoms with Gasteiger partial charge >= 0.3 is 0 Å². The zero-order valence-corrected chi connectivity index (χ0v) is 13.5. The van der Waals surface area contributed by atoms with E-state index in [1.807, 2.05) is 25.1 Å². The van der Waals surface area contributed by atoms with E-state index in [0.29, 0.717) is 16.5 Å². The zero-order valence-electron chi connectivity index (χ0n) is 12.0. The number of nitrogens with one attached hydrogen (secondary N) is 1. The van der Waals surface area contributed by atoms with Gasteiger partial charge in [-0.1, -0.05) is 40.9 Å². The van der Waals surface area contributed by atoms with Gasteiger partial charge < -0.3 is 4.74 Å². The van der Waals surface area contributed by atoms with Crippen molar-refractivity contribution in [3.05, 3.63) is 63.1 Å². The normalized spacial score (nSPS) is 12.2. The lowest BCUT2D eigenvalue weighted by Gasteiger charge is -2.20. The molecule has 3 N–H and O–H groups in total. The van der Waals surface area contributed by atoms with Gasteiger partial charge in [-0.15, -0.1) is 0 Å². The number of hydrazine groups is 1. The molecule has 0 aliphatic carbocycles. The average molecular weight is 325 g/mol. The van der Waals surface area contributed by atoms with Crippen molar-refractivity contribution < 1.29 is 4.74 Å². The summed E-state index contributed by atoms with van der Waals surface area (Å²) in [4.78, 5) is 0. The van der Waals surface area contributed by atoms with Gasteiger partial charge in [-0.25, -0.2) is 0 Å². The number of nitrogens with two attached hydrogens (primary N) is 1. The van der Waals surface area contributed by atoms with E-state index >= 15 is 0 Å². The van der Waals surface area contributed by atoms with Crippen LogP contribution in [0.4, 0.5) is 0 Å². The Labute approximate surface area is 135 Å². The van der Waals surface area contributed by atoms with E-state index in [1.165, 1.54) is 0 Å². The van der Waals surface area contributed by atoms with Gasteiger partial charge in [-0.3, -0.25) is 11.3 Å². The number of halogens is 2. The molecule has 112 valence electrons. The van der Waals surface area contributed by atoms with Crippen molar-refractivity contribution >= 4 is 23.2 Å². The summed E-state index contributed by atoms with van der Waals surface area (Å²) >= 11 is 12.3. The minimum atomic E-state index is -0.115. The van der Waals surface area contributed by atoms with Crippen molar-refractivity contribution in [2.24, 2.45) is 5.84 Å². The molecule has 0 bridgehead atoms. The van der Waals surface area contributed by atoms with Crippen LogP contribution in [0.25, 0.3) is 0 Å². The Morgan fingerprint density at radius 2 is 1.95 bits per heavy atom. The molecule has 2 rings (SSSR count). The molecule has 21 heavy (non-hydrogen) atoms. The van der Waals surface area contributed by atoms with Crippen LogP contribution >= 0.6 is 23.2 Å². The fourth-order valence-corrected chi connectivity index (χ4v) is 2.69. The summed E-state index contributed by atoms with van der Waals surface area (Å²) in [6.45, 7) is 2.03. The summed E-state index contributed by atoms with van der Waals surface area (Å²) in [5, 5.41) is 1.33. The van der Waals surface area contributed by atoms with E-state index in [2.05, 4.69) is 11.5 Å². The Kier molecular flexibility index (Phi) is 5.48. The van der Waals surface area contributed by atoms with Crippen LogP contribution in [0.5, 0.6) is 5.75 Å². The zero-order chi connectivity index (χ0) is 15.4. The average Bonchev–Trinajstić information content (AvgIpc) is 2.48. The first-order valence-corrected chi connectivity index (χ1v) is 7.35. The summed E-state index contributed by atoms with van der Waals surface area (Å²) in [5.74, 6) is 6.53. The lowest BCUT2D eigenvalue weighted by Crippen LogP contribution is -2.30. The Bertz CT molecular complexity index is 632. The molecule has 0 aliphatic heterocycles. The van der Waals surface area contributed by atoms with Gasteiger partial charge in [0.2, 0.25) is 0 Å². The second-order valence-corrected chi connectivity index (χ2v) is 5.75. The van der Waals surface area contributed by atoms with E-state index in [9.17, 15) is 0 Å². The Hall–Kier alpha value is -1.26. The molecule has 0 aliphatic rings. The Balaban J connectivity index is 2.36. The molecule has 2 aromatic carbocycles. The second kappa shape index (κ2) is 7.14. The molecule has 0 heterocycles. The van der Waals surface area contributed by atoms with Crippen molar-refractivity contribution in [1.29, 1.82) is 0 Å². The van der Waals surface area contributed by atoms with Gasteiger partial charge in [0.25, 0.3) is 0 Å². The standard InChI is InChI=1S/C16H18Cl2N2O/c1-10-3-6-16(21-2)13(7-10)15(20-19)9-11-8-12(17)4-5-14(11)18/h3-8,15,20H,9,19H2,1-2H3. The lowest BCUT2D eigenvalue weighted by molar-refractivity contribution is 0.399. The molecular formula is C16H18Cl2N2O. The molecule has 3 nitrogen and oxygen atoms in total. The summed E-state index contributed by atoms with van der Waals surface area (Å²) in [6, 6.07) is 11.3. The predicted octanol–water partition coefficient (Wildman–Crippen LogP) is 4.06. The van der Waals surface area contributed by atoms with Crippen molar-refractivity contribution in [2.75, 3.05) is 7.11 Å². The maximum Gasteiger partial charge on any atom is 0.123 e. The Morgan fingerprint density at radius 1 is 1.19 bits per heavy atom. The molecule has 1 unspecified atom stereocenters. The van der Waals surface area contributed by atoms with E-state index in [1.54, 1.807) is 19.2 Å². The van der Waals surface area contributed by atoms with Crippen LogP contribution in [0, 0.1) is 6.92 Å². The molecule has 0 spiro atoms. The van der Waals surface area contributed by atoms with E-state index in [-0.39, 0.29) is 6.04 Å². The molecule has 0 saturated heterocycles. The first-order chi connectivity index (χ1) is 10.0. The van der Waals surface area contributed by atoms with Crippen LogP contribution in [0.2, 0.25) is 10.0 Å². The van der Waals surface area contributed by atoms with E-state index in [4.69, 9.17) is 33.8 Å². The molecule has 0 saturated carbocycles. The number of ether oxygens (including phenoxy) is 1. The highest BCUT2D eigenvalue weighted by atomic mass is 35.5. The number of rotatable bonds is 5. The fourth-order valence-electron chi connectivity index (χ4n) is 2.30. The van der Waals surface area contributed by atoms with Gasteiger partial charge in [0.05, 0.1) is 13.2 Å². The maximum atomic E-state index is 6.23.